The largest absolute Gasteiger partial charge is 0.508 e. The Balaban J connectivity index is 1.99. The molecule has 0 spiro atoms. The molecule has 2 N–H and O–H groups in total. The van der Waals surface area contributed by atoms with Gasteiger partial charge in [0.25, 0.3) is 0 Å². The van der Waals surface area contributed by atoms with Gasteiger partial charge in [-0.1, -0.05) is 25.7 Å². The average Bonchev–Trinajstić information content (AvgIpc) is 2.76. The van der Waals surface area contributed by atoms with E-state index in [1.807, 2.05) is 13.8 Å². The van der Waals surface area contributed by atoms with Crippen LogP contribution in [-0.2, 0) is 16.1 Å². The number of carbonyl (C=O) groups is 1. The maximum atomic E-state index is 12.4. The number of aromatic hydroxyl groups is 1. The number of amides is 1. The standard InChI is InChI=1S/C18H27NO3/c1-13(2)22-12-15-11-16(9-10-17(15)20)19-18(21)14-7-5-3-4-6-8-14/h9-11,13-14,20H,3-8,12H2,1-2H3,(H,19,21). The summed E-state index contributed by atoms with van der Waals surface area (Å²) in [7, 11) is 0. The van der Waals surface area contributed by atoms with E-state index in [0.29, 0.717) is 12.2 Å². The van der Waals surface area contributed by atoms with E-state index in [1.54, 1.807) is 18.2 Å². The Labute approximate surface area is 132 Å². The second-order valence-electron chi connectivity index (χ2n) is 6.38. The van der Waals surface area contributed by atoms with Crippen molar-refractivity contribution in [1.29, 1.82) is 0 Å². The normalized spacial score (nSPS) is 16.5. The molecule has 0 atom stereocenters. The van der Waals surface area contributed by atoms with Gasteiger partial charge in [-0.05, 0) is 44.9 Å². The molecule has 1 aliphatic carbocycles. The predicted octanol–water partition coefficient (Wildman–Crippen LogP) is 4.23. The summed E-state index contributed by atoms with van der Waals surface area (Å²) >= 11 is 0. The lowest BCUT2D eigenvalue weighted by molar-refractivity contribution is -0.120. The first-order valence-corrected chi connectivity index (χ1v) is 8.30. The quantitative estimate of drug-likeness (QED) is 0.632. The van der Waals surface area contributed by atoms with Gasteiger partial charge in [0.05, 0.1) is 12.7 Å². The van der Waals surface area contributed by atoms with Crippen molar-refractivity contribution in [2.75, 3.05) is 5.32 Å². The molecule has 0 bridgehead atoms. The van der Waals surface area contributed by atoms with Gasteiger partial charge in [0.15, 0.2) is 0 Å². The van der Waals surface area contributed by atoms with Gasteiger partial charge in [-0.15, -0.1) is 0 Å². The molecule has 0 saturated heterocycles. The van der Waals surface area contributed by atoms with Crippen molar-refractivity contribution >= 4 is 11.6 Å². The molecule has 122 valence electrons. The van der Waals surface area contributed by atoms with Crippen LogP contribution in [0, 0.1) is 5.92 Å². The van der Waals surface area contributed by atoms with Crippen LogP contribution in [0.15, 0.2) is 18.2 Å². The van der Waals surface area contributed by atoms with Gasteiger partial charge in [-0.25, -0.2) is 0 Å². The maximum Gasteiger partial charge on any atom is 0.227 e. The van der Waals surface area contributed by atoms with Crippen molar-refractivity contribution in [1.82, 2.24) is 0 Å². The van der Waals surface area contributed by atoms with E-state index < -0.39 is 0 Å². The Morgan fingerprint density at radius 3 is 2.59 bits per heavy atom. The SMILES string of the molecule is CC(C)OCc1cc(NC(=O)C2CCCCCC2)ccc1O. The van der Waals surface area contributed by atoms with E-state index in [1.165, 1.54) is 12.8 Å². The summed E-state index contributed by atoms with van der Waals surface area (Å²) in [5.74, 6) is 0.420. The van der Waals surface area contributed by atoms with Crippen molar-refractivity contribution in [3.8, 4) is 5.75 Å². The zero-order chi connectivity index (χ0) is 15.9. The zero-order valence-corrected chi connectivity index (χ0v) is 13.6. The molecule has 22 heavy (non-hydrogen) atoms. The fourth-order valence-electron chi connectivity index (χ4n) is 2.82. The highest BCUT2D eigenvalue weighted by Crippen LogP contribution is 2.26. The Morgan fingerprint density at radius 2 is 1.95 bits per heavy atom. The molecule has 0 heterocycles. The molecule has 1 aromatic rings. The number of phenolic OH excluding ortho intramolecular Hbond substituents is 1. The van der Waals surface area contributed by atoms with Gasteiger partial charge in [-0.3, -0.25) is 4.79 Å². The molecular formula is C18H27NO3. The number of nitrogens with one attached hydrogen (secondary N) is 1. The van der Waals surface area contributed by atoms with E-state index in [0.717, 1.165) is 31.4 Å². The van der Waals surface area contributed by atoms with Crippen LogP contribution in [0.2, 0.25) is 0 Å². The number of ether oxygens (including phenoxy) is 1. The minimum absolute atomic E-state index is 0.100. The van der Waals surface area contributed by atoms with Crippen molar-refractivity contribution in [3.63, 3.8) is 0 Å². The Kier molecular flexibility index (Phi) is 6.25. The summed E-state index contributed by atoms with van der Waals surface area (Å²) in [5.41, 5.74) is 1.43. The number of benzene rings is 1. The number of anilines is 1. The molecule has 1 aliphatic rings. The first-order valence-electron chi connectivity index (χ1n) is 8.30. The lowest BCUT2D eigenvalue weighted by atomic mass is 9.99. The molecule has 0 unspecified atom stereocenters. The number of hydrogen-bond acceptors (Lipinski definition) is 3. The molecule has 0 aliphatic heterocycles. The van der Waals surface area contributed by atoms with E-state index in [9.17, 15) is 9.90 Å². The van der Waals surface area contributed by atoms with Gasteiger partial charge in [-0.2, -0.15) is 0 Å². The van der Waals surface area contributed by atoms with Crippen LogP contribution in [0.3, 0.4) is 0 Å². The first kappa shape index (κ1) is 16.8. The topological polar surface area (TPSA) is 58.6 Å². The summed E-state index contributed by atoms with van der Waals surface area (Å²) in [5, 5.41) is 12.9. The Bertz CT molecular complexity index is 491. The summed E-state index contributed by atoms with van der Waals surface area (Å²) in [4.78, 5) is 12.4. The van der Waals surface area contributed by atoms with Crippen LogP contribution < -0.4 is 5.32 Å². The van der Waals surface area contributed by atoms with E-state index in [2.05, 4.69) is 5.32 Å². The van der Waals surface area contributed by atoms with Crippen molar-refractivity contribution in [2.45, 2.75) is 65.1 Å². The predicted molar refractivity (Wildman–Crippen MR) is 87.9 cm³/mol. The highest BCUT2D eigenvalue weighted by molar-refractivity contribution is 5.92. The minimum Gasteiger partial charge on any atom is -0.508 e. The van der Waals surface area contributed by atoms with Crippen LogP contribution >= 0.6 is 0 Å². The molecule has 1 aromatic carbocycles. The number of carbonyl (C=O) groups excluding carboxylic acids is 1. The monoisotopic (exact) mass is 305 g/mol. The third kappa shape index (κ3) is 5.02. The fraction of sp³-hybridized carbons (Fsp3) is 0.611. The average molecular weight is 305 g/mol. The third-order valence-corrected chi connectivity index (χ3v) is 4.15. The number of rotatable bonds is 5. The van der Waals surface area contributed by atoms with Gasteiger partial charge < -0.3 is 15.2 Å². The summed E-state index contributed by atoms with van der Waals surface area (Å²) in [6, 6.07) is 5.15. The lowest BCUT2D eigenvalue weighted by Crippen LogP contribution is -2.22. The van der Waals surface area contributed by atoms with Gasteiger partial charge in [0.2, 0.25) is 5.91 Å². The third-order valence-electron chi connectivity index (χ3n) is 4.15. The van der Waals surface area contributed by atoms with Crippen LogP contribution in [-0.4, -0.2) is 17.1 Å². The van der Waals surface area contributed by atoms with Crippen LogP contribution in [0.5, 0.6) is 5.75 Å². The smallest absolute Gasteiger partial charge is 0.227 e. The molecule has 2 rings (SSSR count). The van der Waals surface area contributed by atoms with Crippen LogP contribution in [0.1, 0.15) is 57.9 Å². The second kappa shape index (κ2) is 8.18. The maximum absolute atomic E-state index is 12.4. The number of hydrogen-bond donors (Lipinski definition) is 2. The molecular weight excluding hydrogens is 278 g/mol. The van der Waals surface area contributed by atoms with E-state index in [4.69, 9.17) is 4.74 Å². The minimum atomic E-state index is 0.100. The van der Waals surface area contributed by atoms with E-state index in [-0.39, 0.29) is 23.7 Å². The summed E-state index contributed by atoms with van der Waals surface area (Å²) in [6.45, 7) is 4.25. The van der Waals surface area contributed by atoms with E-state index >= 15 is 0 Å². The lowest BCUT2D eigenvalue weighted by Gasteiger charge is -2.15. The molecule has 1 saturated carbocycles. The molecule has 1 fully saturated rings. The van der Waals surface area contributed by atoms with Crippen molar-refractivity contribution in [3.05, 3.63) is 23.8 Å². The van der Waals surface area contributed by atoms with Crippen molar-refractivity contribution in [2.24, 2.45) is 5.92 Å². The Hall–Kier alpha value is -1.55. The molecule has 0 radical (unpaired) electrons. The highest BCUT2D eigenvalue weighted by atomic mass is 16.5. The zero-order valence-electron chi connectivity index (χ0n) is 13.6. The van der Waals surface area contributed by atoms with Crippen molar-refractivity contribution < 1.29 is 14.6 Å². The first-order chi connectivity index (χ1) is 10.6. The molecule has 1 amide bonds. The molecule has 4 heteroatoms. The highest BCUT2D eigenvalue weighted by Gasteiger charge is 2.20. The van der Waals surface area contributed by atoms with Crippen LogP contribution in [0.4, 0.5) is 5.69 Å². The van der Waals surface area contributed by atoms with Gasteiger partial charge in [0, 0.05) is 17.2 Å². The molecule has 0 aromatic heterocycles. The Morgan fingerprint density at radius 1 is 1.27 bits per heavy atom. The molecule has 4 nitrogen and oxygen atoms in total. The fourth-order valence-corrected chi connectivity index (χ4v) is 2.82. The second-order valence-corrected chi connectivity index (χ2v) is 6.38. The summed E-state index contributed by atoms with van der Waals surface area (Å²) in [6.07, 6.45) is 6.81. The summed E-state index contributed by atoms with van der Waals surface area (Å²) < 4.78 is 5.53. The van der Waals surface area contributed by atoms with Gasteiger partial charge >= 0.3 is 0 Å². The van der Waals surface area contributed by atoms with Crippen LogP contribution in [0.25, 0.3) is 0 Å². The number of phenols is 1. The van der Waals surface area contributed by atoms with Gasteiger partial charge in [0.1, 0.15) is 5.75 Å².